The number of halogens is 1. The highest BCUT2D eigenvalue weighted by Crippen LogP contribution is 2.25. The Morgan fingerprint density at radius 3 is 2.21 bits per heavy atom. The molecule has 0 bridgehead atoms. The highest BCUT2D eigenvalue weighted by molar-refractivity contribution is 6.30. The SMILES string of the molecule is CC[N+](C)(C)C(C)C(=O)Nc1c(C)cc(Cl)cc1C. The number of carbonyl (C=O) groups is 1. The van der Waals surface area contributed by atoms with E-state index in [1.165, 1.54) is 0 Å². The van der Waals surface area contributed by atoms with Crippen LogP contribution in [0.3, 0.4) is 0 Å². The molecular weight excluding hydrogens is 260 g/mol. The molecule has 1 N–H and O–H groups in total. The number of anilines is 1. The summed E-state index contributed by atoms with van der Waals surface area (Å²) in [7, 11) is 4.12. The van der Waals surface area contributed by atoms with Gasteiger partial charge in [0.1, 0.15) is 0 Å². The lowest BCUT2D eigenvalue weighted by molar-refractivity contribution is -0.902. The summed E-state index contributed by atoms with van der Waals surface area (Å²) in [6, 6.07) is 3.64. The van der Waals surface area contributed by atoms with Crippen molar-refractivity contribution in [2.75, 3.05) is 26.0 Å². The Bertz CT molecular complexity index is 460. The summed E-state index contributed by atoms with van der Waals surface area (Å²) in [6.07, 6.45) is 0. The zero-order valence-electron chi connectivity index (χ0n) is 12.7. The van der Waals surface area contributed by atoms with E-state index in [0.29, 0.717) is 9.51 Å². The van der Waals surface area contributed by atoms with E-state index in [2.05, 4.69) is 26.3 Å². The number of carbonyl (C=O) groups excluding carboxylic acids is 1. The van der Waals surface area contributed by atoms with Crippen molar-refractivity contribution in [3.8, 4) is 0 Å². The minimum absolute atomic E-state index is 0.0420. The largest absolute Gasteiger partial charge is 0.320 e. The van der Waals surface area contributed by atoms with Crippen LogP contribution in [0.25, 0.3) is 0 Å². The molecule has 1 unspecified atom stereocenters. The van der Waals surface area contributed by atoms with Crippen LogP contribution in [0.15, 0.2) is 12.1 Å². The zero-order chi connectivity index (χ0) is 14.8. The normalized spacial score (nSPS) is 13.2. The second kappa shape index (κ2) is 5.93. The van der Waals surface area contributed by atoms with Crippen molar-refractivity contribution in [2.45, 2.75) is 33.7 Å². The number of nitrogens with one attached hydrogen (secondary N) is 1. The summed E-state index contributed by atoms with van der Waals surface area (Å²) in [4.78, 5) is 12.3. The molecule has 3 nitrogen and oxygen atoms in total. The highest BCUT2D eigenvalue weighted by atomic mass is 35.5. The fourth-order valence-corrected chi connectivity index (χ4v) is 2.25. The Hall–Kier alpha value is -1.06. The first-order valence-corrected chi connectivity index (χ1v) is 6.97. The topological polar surface area (TPSA) is 29.1 Å². The highest BCUT2D eigenvalue weighted by Gasteiger charge is 2.29. The van der Waals surface area contributed by atoms with Gasteiger partial charge in [0, 0.05) is 10.7 Å². The van der Waals surface area contributed by atoms with Crippen LogP contribution in [0.4, 0.5) is 5.69 Å². The number of nitrogens with zero attached hydrogens (tertiary/aromatic N) is 1. The predicted molar refractivity (Wildman–Crippen MR) is 81.7 cm³/mol. The first-order valence-electron chi connectivity index (χ1n) is 6.59. The Kier molecular flexibility index (Phi) is 4.99. The van der Waals surface area contributed by atoms with E-state index in [1.54, 1.807) is 0 Å². The van der Waals surface area contributed by atoms with Crippen molar-refractivity contribution in [2.24, 2.45) is 0 Å². The van der Waals surface area contributed by atoms with Crippen LogP contribution in [-0.4, -0.2) is 37.1 Å². The van der Waals surface area contributed by atoms with Gasteiger partial charge in [0.25, 0.3) is 5.91 Å². The maximum Gasteiger partial charge on any atom is 0.282 e. The van der Waals surface area contributed by atoms with E-state index in [0.717, 1.165) is 23.4 Å². The van der Waals surface area contributed by atoms with Gasteiger partial charge in [-0.1, -0.05) is 11.6 Å². The third-order valence-electron chi connectivity index (χ3n) is 3.99. The fourth-order valence-electron chi connectivity index (χ4n) is 1.93. The van der Waals surface area contributed by atoms with Crippen molar-refractivity contribution >= 4 is 23.2 Å². The molecule has 106 valence electrons. The second-order valence-corrected chi connectivity index (χ2v) is 6.11. The number of likely N-dealkylation sites (N-methyl/N-ethyl adjacent to an activating group) is 1. The number of amides is 1. The van der Waals surface area contributed by atoms with Gasteiger partial charge in [-0.05, 0) is 51.0 Å². The zero-order valence-corrected chi connectivity index (χ0v) is 13.4. The summed E-state index contributed by atoms with van der Waals surface area (Å²) in [6.45, 7) is 8.87. The van der Waals surface area contributed by atoms with E-state index in [-0.39, 0.29) is 11.9 Å². The summed E-state index contributed by atoms with van der Waals surface area (Å²) >= 11 is 6.00. The van der Waals surface area contributed by atoms with Gasteiger partial charge < -0.3 is 9.80 Å². The van der Waals surface area contributed by atoms with Gasteiger partial charge in [0.05, 0.1) is 20.6 Å². The molecule has 0 fully saturated rings. The van der Waals surface area contributed by atoms with Crippen molar-refractivity contribution in [3.05, 3.63) is 28.3 Å². The molecule has 0 aliphatic rings. The van der Waals surface area contributed by atoms with Crippen LogP contribution in [-0.2, 0) is 4.79 Å². The average Bonchev–Trinajstić information content (AvgIpc) is 2.32. The Labute approximate surface area is 121 Å². The van der Waals surface area contributed by atoms with E-state index in [9.17, 15) is 4.79 Å². The molecule has 1 amide bonds. The predicted octanol–water partition coefficient (Wildman–Crippen LogP) is 3.38. The number of aryl methyl sites for hydroxylation is 2. The van der Waals surface area contributed by atoms with Crippen molar-refractivity contribution in [1.29, 1.82) is 0 Å². The maximum atomic E-state index is 12.3. The van der Waals surface area contributed by atoms with Gasteiger partial charge in [-0.2, -0.15) is 0 Å². The quantitative estimate of drug-likeness (QED) is 0.844. The molecule has 1 rings (SSSR count). The monoisotopic (exact) mass is 283 g/mol. The lowest BCUT2D eigenvalue weighted by Crippen LogP contribution is -2.52. The molecule has 0 heterocycles. The first-order chi connectivity index (χ1) is 8.69. The third kappa shape index (κ3) is 3.71. The number of benzene rings is 1. The lowest BCUT2D eigenvalue weighted by atomic mass is 10.1. The third-order valence-corrected chi connectivity index (χ3v) is 4.21. The molecular formula is C15H24ClN2O+. The smallest absolute Gasteiger partial charge is 0.282 e. The van der Waals surface area contributed by atoms with Crippen LogP contribution < -0.4 is 5.32 Å². The first kappa shape index (κ1) is 16.0. The molecule has 0 saturated carbocycles. The summed E-state index contributed by atoms with van der Waals surface area (Å²) in [5, 5.41) is 3.73. The minimum Gasteiger partial charge on any atom is -0.320 e. The molecule has 0 spiro atoms. The van der Waals surface area contributed by atoms with E-state index in [4.69, 9.17) is 11.6 Å². The minimum atomic E-state index is -0.0977. The van der Waals surface area contributed by atoms with Gasteiger partial charge in [0.15, 0.2) is 6.04 Å². The molecule has 1 atom stereocenters. The van der Waals surface area contributed by atoms with Gasteiger partial charge in [-0.3, -0.25) is 4.79 Å². The van der Waals surface area contributed by atoms with Crippen LogP contribution in [0.1, 0.15) is 25.0 Å². The fraction of sp³-hybridized carbons (Fsp3) is 0.533. The molecule has 1 aromatic rings. The van der Waals surface area contributed by atoms with Crippen LogP contribution in [0.5, 0.6) is 0 Å². The number of hydrogen-bond donors (Lipinski definition) is 1. The Morgan fingerprint density at radius 2 is 1.79 bits per heavy atom. The summed E-state index contributed by atoms with van der Waals surface area (Å²) in [5.41, 5.74) is 2.86. The van der Waals surface area contributed by atoms with Gasteiger partial charge in [-0.15, -0.1) is 0 Å². The number of rotatable bonds is 4. The maximum absolute atomic E-state index is 12.3. The van der Waals surface area contributed by atoms with Crippen LogP contribution >= 0.6 is 11.6 Å². The molecule has 0 aliphatic heterocycles. The summed E-state index contributed by atoms with van der Waals surface area (Å²) < 4.78 is 0.664. The van der Waals surface area contributed by atoms with Gasteiger partial charge in [0.2, 0.25) is 0 Å². The lowest BCUT2D eigenvalue weighted by Gasteiger charge is -2.34. The Morgan fingerprint density at radius 1 is 1.32 bits per heavy atom. The molecule has 1 aromatic carbocycles. The summed E-state index contributed by atoms with van der Waals surface area (Å²) in [5.74, 6) is 0.0420. The van der Waals surface area contributed by atoms with Crippen LogP contribution in [0.2, 0.25) is 5.02 Å². The van der Waals surface area contributed by atoms with Gasteiger partial charge >= 0.3 is 0 Å². The molecule has 0 aromatic heterocycles. The number of hydrogen-bond acceptors (Lipinski definition) is 1. The van der Waals surface area contributed by atoms with E-state index in [1.807, 2.05) is 32.9 Å². The van der Waals surface area contributed by atoms with Gasteiger partial charge in [-0.25, -0.2) is 0 Å². The number of quaternary nitrogens is 1. The standard InChI is InChI=1S/C15H23ClN2O/c1-7-18(5,6)12(4)15(19)17-14-10(2)8-13(16)9-11(14)3/h8-9,12H,7H2,1-6H3/p+1. The second-order valence-electron chi connectivity index (χ2n) is 5.67. The average molecular weight is 284 g/mol. The van der Waals surface area contributed by atoms with Crippen molar-refractivity contribution < 1.29 is 9.28 Å². The Balaban J connectivity index is 2.95. The molecule has 0 aliphatic carbocycles. The molecule has 0 radical (unpaired) electrons. The molecule has 0 saturated heterocycles. The molecule has 19 heavy (non-hydrogen) atoms. The molecule has 4 heteroatoms. The van der Waals surface area contributed by atoms with Crippen LogP contribution in [0, 0.1) is 13.8 Å². The van der Waals surface area contributed by atoms with Crippen molar-refractivity contribution in [1.82, 2.24) is 0 Å². The van der Waals surface area contributed by atoms with E-state index >= 15 is 0 Å². The van der Waals surface area contributed by atoms with Crippen molar-refractivity contribution in [3.63, 3.8) is 0 Å². The van der Waals surface area contributed by atoms with E-state index < -0.39 is 0 Å².